The van der Waals surface area contributed by atoms with E-state index in [9.17, 15) is 0 Å². The summed E-state index contributed by atoms with van der Waals surface area (Å²) in [7, 11) is 0. The first kappa shape index (κ1) is 12.8. The van der Waals surface area contributed by atoms with Gasteiger partial charge in [0.05, 0.1) is 23.9 Å². The molecule has 6 heteroatoms. The number of thiazole rings is 1. The molecule has 0 amide bonds. The molecular formula is C13H9BrClN3S. The van der Waals surface area contributed by atoms with Crippen molar-refractivity contribution in [2.24, 2.45) is 0 Å². The monoisotopic (exact) mass is 353 g/mol. The second-order valence-corrected chi connectivity index (χ2v) is 6.60. The molecule has 0 bridgehead atoms. The third-order valence-corrected chi connectivity index (χ3v) is 4.18. The molecule has 0 radical (unpaired) electrons. The second-order valence-electron chi connectivity index (χ2n) is 3.94. The average molecular weight is 355 g/mol. The third-order valence-electron chi connectivity index (χ3n) is 2.63. The molecule has 1 aromatic carbocycles. The number of para-hydroxylation sites is 1. The lowest BCUT2D eigenvalue weighted by atomic mass is 10.2. The molecule has 0 spiro atoms. The molecule has 3 nitrogen and oxygen atoms in total. The van der Waals surface area contributed by atoms with Gasteiger partial charge in [0.25, 0.3) is 0 Å². The zero-order chi connectivity index (χ0) is 13.2. The number of anilines is 1. The summed E-state index contributed by atoms with van der Waals surface area (Å²) in [6, 6.07) is 8.11. The van der Waals surface area contributed by atoms with Crippen molar-refractivity contribution in [2.45, 2.75) is 6.54 Å². The van der Waals surface area contributed by atoms with Crippen molar-refractivity contribution >= 4 is 55.5 Å². The Hall–Kier alpha value is -1.17. The predicted octanol–water partition coefficient (Wildman–Crippen LogP) is 4.72. The lowest BCUT2D eigenvalue weighted by Crippen LogP contribution is -2.00. The normalized spacial score (nSPS) is 10.8. The molecule has 0 aliphatic heterocycles. The van der Waals surface area contributed by atoms with Crippen LogP contribution in [0.3, 0.4) is 0 Å². The number of rotatable bonds is 3. The van der Waals surface area contributed by atoms with Crippen LogP contribution in [0.15, 0.2) is 41.1 Å². The van der Waals surface area contributed by atoms with E-state index in [1.165, 1.54) is 11.3 Å². The summed E-state index contributed by atoms with van der Waals surface area (Å²) in [6.45, 7) is 0.647. The van der Waals surface area contributed by atoms with Crippen LogP contribution in [0.2, 0.25) is 4.34 Å². The van der Waals surface area contributed by atoms with Crippen molar-refractivity contribution in [3.05, 3.63) is 50.5 Å². The summed E-state index contributed by atoms with van der Waals surface area (Å²) in [5.74, 6) is 0. The number of halogens is 2. The molecule has 0 saturated carbocycles. The van der Waals surface area contributed by atoms with Crippen LogP contribution in [0.5, 0.6) is 0 Å². The molecule has 0 unspecified atom stereocenters. The Morgan fingerprint density at radius 2 is 2.16 bits per heavy atom. The Labute approximate surface area is 127 Å². The van der Waals surface area contributed by atoms with E-state index in [0.717, 1.165) is 26.1 Å². The van der Waals surface area contributed by atoms with E-state index < -0.39 is 0 Å². The van der Waals surface area contributed by atoms with E-state index in [-0.39, 0.29) is 0 Å². The molecule has 0 fully saturated rings. The van der Waals surface area contributed by atoms with Gasteiger partial charge in [0.1, 0.15) is 9.34 Å². The van der Waals surface area contributed by atoms with E-state index in [1.807, 2.05) is 24.3 Å². The largest absolute Gasteiger partial charge is 0.377 e. The third kappa shape index (κ3) is 2.88. The number of hydrogen-bond donors (Lipinski definition) is 1. The lowest BCUT2D eigenvalue weighted by molar-refractivity contribution is 1.10. The standard InChI is InChI=1S/C13H9BrClN3S/c14-9-4-8-2-1-3-10(13(8)18-5-9)16-7-12-17-6-11(15)19-12/h1-6,16H,7H2. The van der Waals surface area contributed by atoms with Gasteiger partial charge >= 0.3 is 0 Å². The van der Waals surface area contributed by atoms with E-state index >= 15 is 0 Å². The van der Waals surface area contributed by atoms with Gasteiger partial charge in [-0.1, -0.05) is 23.7 Å². The second kappa shape index (κ2) is 5.45. The highest BCUT2D eigenvalue weighted by molar-refractivity contribution is 9.10. The number of pyridine rings is 1. The summed E-state index contributed by atoms with van der Waals surface area (Å²) >= 11 is 10.8. The summed E-state index contributed by atoms with van der Waals surface area (Å²) in [6.07, 6.45) is 3.47. The van der Waals surface area contributed by atoms with Gasteiger partial charge in [-0.25, -0.2) is 4.98 Å². The summed E-state index contributed by atoms with van der Waals surface area (Å²) in [5, 5.41) is 5.40. The van der Waals surface area contributed by atoms with Crippen LogP contribution >= 0.6 is 38.9 Å². The van der Waals surface area contributed by atoms with E-state index in [1.54, 1.807) is 12.4 Å². The topological polar surface area (TPSA) is 37.8 Å². The van der Waals surface area contributed by atoms with E-state index in [2.05, 4.69) is 31.2 Å². The van der Waals surface area contributed by atoms with Crippen LogP contribution < -0.4 is 5.32 Å². The highest BCUT2D eigenvalue weighted by atomic mass is 79.9. The minimum absolute atomic E-state index is 0.647. The van der Waals surface area contributed by atoms with Crippen LogP contribution in [0.4, 0.5) is 5.69 Å². The van der Waals surface area contributed by atoms with Gasteiger partial charge in [0.2, 0.25) is 0 Å². The van der Waals surface area contributed by atoms with Crippen molar-refractivity contribution < 1.29 is 0 Å². The van der Waals surface area contributed by atoms with Crippen LogP contribution in [0.1, 0.15) is 5.01 Å². The molecule has 0 saturated heterocycles. The molecule has 3 aromatic rings. The average Bonchev–Trinajstić information content (AvgIpc) is 2.81. The van der Waals surface area contributed by atoms with Crippen molar-refractivity contribution in [1.82, 2.24) is 9.97 Å². The molecule has 96 valence electrons. The van der Waals surface area contributed by atoms with Crippen molar-refractivity contribution in [3.8, 4) is 0 Å². The molecule has 0 atom stereocenters. The molecule has 1 N–H and O–H groups in total. The first-order valence-corrected chi connectivity index (χ1v) is 7.59. The van der Waals surface area contributed by atoms with Gasteiger partial charge in [-0.3, -0.25) is 4.98 Å². The first-order chi connectivity index (χ1) is 9.22. The Morgan fingerprint density at radius 1 is 1.26 bits per heavy atom. The Kier molecular flexibility index (Phi) is 3.68. The molecular weight excluding hydrogens is 346 g/mol. The number of hydrogen-bond acceptors (Lipinski definition) is 4. The number of aromatic nitrogens is 2. The van der Waals surface area contributed by atoms with Crippen molar-refractivity contribution in [1.29, 1.82) is 0 Å². The minimum Gasteiger partial charge on any atom is -0.377 e. The van der Waals surface area contributed by atoms with Gasteiger partial charge in [-0.15, -0.1) is 11.3 Å². The minimum atomic E-state index is 0.647. The van der Waals surface area contributed by atoms with Crippen molar-refractivity contribution in [3.63, 3.8) is 0 Å². The highest BCUT2D eigenvalue weighted by Crippen LogP contribution is 2.25. The smallest absolute Gasteiger partial charge is 0.113 e. The van der Waals surface area contributed by atoms with Gasteiger partial charge < -0.3 is 5.32 Å². The summed E-state index contributed by atoms with van der Waals surface area (Å²) < 4.78 is 1.68. The fourth-order valence-corrected chi connectivity index (χ4v) is 3.06. The van der Waals surface area contributed by atoms with Crippen LogP contribution in [0, 0.1) is 0 Å². The molecule has 0 aliphatic carbocycles. The van der Waals surface area contributed by atoms with Gasteiger partial charge in [-0.05, 0) is 28.1 Å². The maximum Gasteiger partial charge on any atom is 0.113 e. The van der Waals surface area contributed by atoms with Crippen molar-refractivity contribution in [2.75, 3.05) is 5.32 Å². The Balaban J connectivity index is 1.88. The molecule has 3 rings (SSSR count). The fourth-order valence-electron chi connectivity index (χ4n) is 1.82. The zero-order valence-electron chi connectivity index (χ0n) is 9.73. The molecule has 19 heavy (non-hydrogen) atoms. The maximum atomic E-state index is 5.87. The number of nitrogens with one attached hydrogen (secondary N) is 1. The van der Waals surface area contributed by atoms with E-state index in [0.29, 0.717) is 10.9 Å². The SMILES string of the molecule is Clc1cnc(CNc2cccc3cc(Br)cnc23)s1. The summed E-state index contributed by atoms with van der Waals surface area (Å²) in [4.78, 5) is 8.67. The maximum absolute atomic E-state index is 5.87. The Morgan fingerprint density at radius 3 is 2.95 bits per heavy atom. The lowest BCUT2D eigenvalue weighted by Gasteiger charge is -2.07. The van der Waals surface area contributed by atoms with E-state index in [4.69, 9.17) is 11.6 Å². The number of fused-ring (bicyclic) bond motifs is 1. The quantitative estimate of drug-likeness (QED) is 0.739. The van der Waals surface area contributed by atoms with Gasteiger partial charge in [0, 0.05) is 16.1 Å². The number of benzene rings is 1. The fraction of sp³-hybridized carbons (Fsp3) is 0.0769. The van der Waals surface area contributed by atoms with Gasteiger partial charge in [-0.2, -0.15) is 0 Å². The molecule has 2 heterocycles. The van der Waals surface area contributed by atoms with Crippen LogP contribution in [-0.4, -0.2) is 9.97 Å². The Bertz CT molecular complexity index is 729. The molecule has 2 aromatic heterocycles. The predicted molar refractivity (Wildman–Crippen MR) is 83.9 cm³/mol. The first-order valence-electron chi connectivity index (χ1n) is 5.61. The number of nitrogens with zero attached hydrogens (tertiary/aromatic N) is 2. The van der Waals surface area contributed by atoms with Crippen LogP contribution in [0.25, 0.3) is 10.9 Å². The molecule has 0 aliphatic rings. The summed E-state index contributed by atoms with van der Waals surface area (Å²) in [5.41, 5.74) is 1.95. The zero-order valence-corrected chi connectivity index (χ0v) is 12.9. The highest BCUT2D eigenvalue weighted by Gasteiger charge is 2.04. The van der Waals surface area contributed by atoms with Gasteiger partial charge in [0.15, 0.2) is 0 Å². The van der Waals surface area contributed by atoms with Crippen LogP contribution in [-0.2, 0) is 6.54 Å².